The normalized spacial score (nSPS) is 18.0. The topological polar surface area (TPSA) is 312 Å². The molecule has 3 unspecified atom stereocenters. The molecule has 478 valence electrons. The van der Waals surface area contributed by atoms with Gasteiger partial charge in [-0.05, 0) is 120 Å². The van der Waals surface area contributed by atoms with Crippen molar-refractivity contribution in [3.05, 3.63) is 119 Å². The summed E-state index contributed by atoms with van der Waals surface area (Å²) in [5, 5.41) is 12.9. The van der Waals surface area contributed by atoms with Gasteiger partial charge < -0.3 is 57.4 Å². The molecule has 90 heavy (non-hydrogen) atoms. The third-order valence-corrected chi connectivity index (χ3v) is 15.4. The molecule has 2 fully saturated rings. The molecule has 0 bridgehead atoms. The molecule has 0 aromatic heterocycles. The maximum atomic E-state index is 13.7. The number of thioether (sulfide) groups is 1. The van der Waals surface area contributed by atoms with Crippen LogP contribution in [0.3, 0.4) is 0 Å². The van der Waals surface area contributed by atoms with Crippen molar-refractivity contribution in [2.24, 2.45) is 23.7 Å². The van der Waals surface area contributed by atoms with Crippen LogP contribution in [0.2, 0.25) is 0 Å². The average Bonchev–Trinajstić information content (AvgIpc) is 1.67. The highest BCUT2D eigenvalue weighted by Gasteiger charge is 2.37. The third-order valence-electron chi connectivity index (χ3n) is 14.3. The molecule has 1 aliphatic heterocycles. The van der Waals surface area contributed by atoms with E-state index in [1.165, 1.54) is 12.1 Å². The summed E-state index contributed by atoms with van der Waals surface area (Å²) in [4.78, 5) is 129. The van der Waals surface area contributed by atoms with Gasteiger partial charge in [-0.25, -0.2) is 19.7 Å². The molecule has 1 heterocycles. The summed E-state index contributed by atoms with van der Waals surface area (Å²) in [6.07, 6.45) is 2.93. The monoisotopic (exact) mass is 1260 g/mol. The number of fused-ring (bicyclic) bond motifs is 1. The van der Waals surface area contributed by atoms with Crippen molar-refractivity contribution in [2.45, 2.75) is 134 Å². The van der Waals surface area contributed by atoms with Crippen molar-refractivity contribution < 1.29 is 100 Å². The lowest BCUT2D eigenvalue weighted by Gasteiger charge is -2.26. The van der Waals surface area contributed by atoms with Gasteiger partial charge in [-0.2, -0.15) is 0 Å². The van der Waals surface area contributed by atoms with Crippen molar-refractivity contribution in [2.75, 3.05) is 38.4 Å². The maximum absolute atomic E-state index is 13.7. The molecule has 1 N–H and O–H groups in total. The van der Waals surface area contributed by atoms with E-state index < -0.39 is 102 Å². The Kier molecular flexibility index (Phi) is 27.6. The number of nitrogens with one attached hydrogen (secondary N) is 1. The van der Waals surface area contributed by atoms with E-state index in [2.05, 4.69) is 23.3 Å². The fourth-order valence-electron chi connectivity index (χ4n) is 9.44. The molecule has 25 heteroatoms. The van der Waals surface area contributed by atoms with Crippen molar-refractivity contribution in [3.63, 3.8) is 0 Å². The molecule has 2 saturated carbocycles. The molecule has 3 aromatic rings. The second-order valence-corrected chi connectivity index (χ2v) is 22.3. The molecule has 3 atom stereocenters. The minimum atomic E-state index is -0.676. The standard InChI is InChI=1S/C65H71N3O21S/c1-7-53(69)83-39(3)36-79-37-40(4)85-58(74)30-29-56(72)81-34-32-43-11-23-48(24-12-43)86-62(75)44-13-17-46(18-14-44)64(77)88-51-25-26-52(60-59(51)68-61(90-60)50(35-66)67-6)89-65(78)47-19-15-45(16-20-47)63(76)87-49-21-9-42(10-22-49)31-33-80-55(71)27-28-57(73)82-38-41(5)84-54(70)8-2/h7-12,21-26,39-41,44-47,68H,1-2,13-20,27-34,36-38H2,3-5H3/b61-50-. The Balaban J connectivity index is 0.885. The maximum Gasteiger partial charge on any atom is 0.330 e. The van der Waals surface area contributed by atoms with Crippen molar-refractivity contribution in [1.82, 2.24) is 0 Å². The van der Waals surface area contributed by atoms with Crippen LogP contribution in [0.15, 0.2) is 102 Å². The summed E-state index contributed by atoms with van der Waals surface area (Å²) < 4.78 is 59.3. The van der Waals surface area contributed by atoms with Gasteiger partial charge in [0.2, 0.25) is 0 Å². The van der Waals surface area contributed by atoms with Gasteiger partial charge in [-0.15, -0.1) is 0 Å². The van der Waals surface area contributed by atoms with E-state index >= 15 is 0 Å². The van der Waals surface area contributed by atoms with Crippen LogP contribution in [0.4, 0.5) is 5.69 Å². The first-order valence-electron chi connectivity index (χ1n) is 29.3. The Bertz CT molecular complexity index is 3210. The fourth-order valence-corrected chi connectivity index (χ4v) is 10.5. The Morgan fingerprint density at radius 2 is 0.944 bits per heavy atom. The average molecular weight is 1260 g/mol. The van der Waals surface area contributed by atoms with Gasteiger partial charge in [-0.3, -0.25) is 38.4 Å². The van der Waals surface area contributed by atoms with Gasteiger partial charge >= 0.3 is 59.7 Å². The van der Waals surface area contributed by atoms with Gasteiger partial charge in [0.05, 0.1) is 104 Å². The summed E-state index contributed by atoms with van der Waals surface area (Å²) in [7, 11) is 0. The van der Waals surface area contributed by atoms with Crippen LogP contribution in [0.5, 0.6) is 23.0 Å². The summed E-state index contributed by atoms with van der Waals surface area (Å²) >= 11 is 0.981. The van der Waals surface area contributed by atoms with Gasteiger partial charge in [0.1, 0.15) is 42.2 Å². The van der Waals surface area contributed by atoms with Crippen LogP contribution in [-0.4, -0.2) is 111 Å². The first-order chi connectivity index (χ1) is 43.2. The highest BCUT2D eigenvalue weighted by molar-refractivity contribution is 8.03. The molecule has 0 saturated heterocycles. The number of carbonyl (C=O) groups is 10. The molecule has 3 aliphatic rings. The first kappa shape index (κ1) is 69.8. The Morgan fingerprint density at radius 1 is 0.556 bits per heavy atom. The van der Waals surface area contributed by atoms with Gasteiger partial charge in [0.25, 0.3) is 5.70 Å². The number of benzene rings is 3. The van der Waals surface area contributed by atoms with E-state index in [4.69, 9.17) is 58.7 Å². The van der Waals surface area contributed by atoms with Crippen molar-refractivity contribution >= 4 is 77.1 Å². The van der Waals surface area contributed by atoms with Gasteiger partial charge in [-0.1, -0.05) is 49.2 Å². The van der Waals surface area contributed by atoms with E-state index in [0.717, 1.165) is 35.0 Å². The van der Waals surface area contributed by atoms with E-state index in [9.17, 15) is 53.2 Å². The molecule has 0 spiro atoms. The van der Waals surface area contributed by atoms with E-state index in [1.54, 1.807) is 69.3 Å². The second-order valence-electron chi connectivity index (χ2n) is 21.3. The zero-order valence-electron chi connectivity index (χ0n) is 50.2. The molecule has 0 amide bonds. The SMILES string of the molecule is [C-]#[N+]/C(C#N)=C1/Nc2c(OC(=O)C3CCC(C(=O)Oc4ccc(CCOC(=O)CCC(=O)OC(C)COCC(C)OC(=O)C=C)cc4)CC3)ccc(OC(=O)C3CCC(C(=O)Oc4ccc(CCOC(=O)CCC(=O)OCC(C)OC(=O)C=C)cc4)CC3)c2S1. The van der Waals surface area contributed by atoms with Crippen LogP contribution >= 0.6 is 11.8 Å². The second kappa shape index (κ2) is 35.6. The highest BCUT2D eigenvalue weighted by Crippen LogP contribution is 2.52. The summed E-state index contributed by atoms with van der Waals surface area (Å²) in [5.41, 5.74) is 1.57. The predicted octanol–water partition coefficient (Wildman–Crippen LogP) is 8.91. The number of esters is 10. The van der Waals surface area contributed by atoms with Gasteiger partial charge in [0.15, 0.2) is 5.75 Å². The number of hydrogen-bond donors (Lipinski definition) is 1. The largest absolute Gasteiger partial charge is 0.465 e. The Labute approximate surface area is 524 Å². The minimum absolute atomic E-state index is 0.0464. The zero-order chi connectivity index (χ0) is 65.1. The molecular formula is C65H71N3O21S. The molecule has 2 aliphatic carbocycles. The molecule has 3 aromatic carbocycles. The summed E-state index contributed by atoms with van der Waals surface area (Å²) in [5.74, 6) is -6.92. The zero-order valence-corrected chi connectivity index (χ0v) is 51.0. The Hall–Kier alpha value is -9.33. The lowest BCUT2D eigenvalue weighted by atomic mass is 9.82. The van der Waals surface area contributed by atoms with Crippen LogP contribution in [-0.2, 0) is 93.9 Å². The molecule has 6 rings (SSSR count). The van der Waals surface area contributed by atoms with Crippen LogP contribution in [0.25, 0.3) is 4.85 Å². The van der Waals surface area contributed by atoms with Crippen molar-refractivity contribution in [1.29, 1.82) is 5.26 Å². The lowest BCUT2D eigenvalue weighted by Crippen LogP contribution is -2.30. The molecular weight excluding hydrogens is 1190 g/mol. The number of carbonyl (C=O) groups excluding carboxylic acids is 10. The van der Waals surface area contributed by atoms with E-state index in [-0.39, 0.29) is 86.6 Å². The number of ether oxygens (including phenoxy) is 11. The third kappa shape index (κ3) is 22.7. The number of nitriles is 1. The lowest BCUT2D eigenvalue weighted by molar-refractivity contribution is -0.156. The van der Waals surface area contributed by atoms with Gasteiger partial charge in [0, 0.05) is 25.0 Å². The number of anilines is 1. The van der Waals surface area contributed by atoms with Crippen LogP contribution < -0.4 is 24.3 Å². The number of hydrogen-bond acceptors (Lipinski definition) is 24. The van der Waals surface area contributed by atoms with Crippen molar-refractivity contribution in [3.8, 4) is 29.1 Å². The number of allylic oxidation sites excluding steroid dienone is 1. The van der Waals surface area contributed by atoms with Crippen LogP contribution in [0, 0.1) is 41.6 Å². The van der Waals surface area contributed by atoms with E-state index in [0.29, 0.717) is 80.6 Å². The smallest absolute Gasteiger partial charge is 0.330 e. The molecule has 24 nitrogen and oxygen atoms in total. The van der Waals surface area contributed by atoms with Crippen LogP contribution in [0.1, 0.15) is 109 Å². The van der Waals surface area contributed by atoms with E-state index in [1.807, 2.05) is 6.07 Å². The Morgan fingerprint density at radius 3 is 1.38 bits per heavy atom. The number of rotatable bonds is 31. The fraction of sp³-hybridized carbons (Fsp3) is 0.446. The summed E-state index contributed by atoms with van der Waals surface area (Å²) in [6, 6.07) is 18.2. The highest BCUT2D eigenvalue weighted by atomic mass is 32.2. The number of nitrogens with zero attached hydrogens (tertiary/aromatic N) is 2. The first-order valence-corrected chi connectivity index (χ1v) is 30.1. The quantitative estimate of drug-likeness (QED) is 0.0157. The predicted molar refractivity (Wildman–Crippen MR) is 318 cm³/mol. The summed E-state index contributed by atoms with van der Waals surface area (Å²) in [6.45, 7) is 19.1. The minimum Gasteiger partial charge on any atom is -0.465 e. The molecule has 0 radical (unpaired) electrons.